The van der Waals surface area contributed by atoms with Gasteiger partial charge in [-0.15, -0.1) is 0 Å². The maximum absolute atomic E-state index is 3.47. The third-order valence-corrected chi connectivity index (χ3v) is 4.17. The van der Waals surface area contributed by atoms with Gasteiger partial charge < -0.3 is 5.32 Å². The van der Waals surface area contributed by atoms with E-state index >= 15 is 0 Å². The van der Waals surface area contributed by atoms with Crippen LogP contribution in [0.3, 0.4) is 0 Å². The highest BCUT2D eigenvalue weighted by molar-refractivity contribution is 9.09. The van der Waals surface area contributed by atoms with Crippen LogP contribution in [0.4, 0.5) is 0 Å². The van der Waals surface area contributed by atoms with Gasteiger partial charge in [-0.05, 0) is 70.4 Å². The summed E-state index contributed by atoms with van der Waals surface area (Å²) in [7, 11) is 2.05. The van der Waals surface area contributed by atoms with E-state index in [1.165, 1.54) is 51.5 Å². The Kier molecular flexibility index (Phi) is 8.22. The van der Waals surface area contributed by atoms with Crippen molar-refractivity contribution >= 4 is 15.9 Å². The van der Waals surface area contributed by atoms with E-state index in [4.69, 9.17) is 0 Å². The fourth-order valence-corrected chi connectivity index (χ4v) is 2.83. The number of alkyl halides is 1. The molecule has 0 saturated heterocycles. The van der Waals surface area contributed by atoms with Crippen molar-refractivity contribution in [1.29, 1.82) is 0 Å². The van der Waals surface area contributed by atoms with Gasteiger partial charge in [0.25, 0.3) is 0 Å². The van der Waals surface area contributed by atoms with E-state index in [1.807, 2.05) is 0 Å². The second-order valence-corrected chi connectivity index (χ2v) is 5.73. The first-order valence-corrected chi connectivity index (χ1v) is 7.86. The Morgan fingerprint density at radius 3 is 2.62 bits per heavy atom. The number of hydrogen-bond acceptors (Lipinski definition) is 1. The predicted molar refractivity (Wildman–Crippen MR) is 76.2 cm³/mol. The largest absolute Gasteiger partial charge is 0.320 e. The van der Waals surface area contributed by atoms with Gasteiger partial charge in [0.1, 0.15) is 0 Å². The highest BCUT2D eigenvalue weighted by Gasteiger charge is 2.18. The van der Waals surface area contributed by atoms with Gasteiger partial charge in [0.15, 0.2) is 0 Å². The van der Waals surface area contributed by atoms with E-state index in [0.717, 1.165) is 17.2 Å². The molecule has 0 aromatic heterocycles. The van der Waals surface area contributed by atoms with Crippen molar-refractivity contribution in [3.8, 4) is 0 Å². The number of allylic oxidation sites excluding steroid dienone is 2. The number of hydrogen-bond donors (Lipinski definition) is 1. The third kappa shape index (κ3) is 6.05. The lowest BCUT2D eigenvalue weighted by Crippen LogP contribution is -2.18. The van der Waals surface area contributed by atoms with Crippen molar-refractivity contribution in [2.24, 2.45) is 11.8 Å². The van der Waals surface area contributed by atoms with E-state index in [9.17, 15) is 0 Å². The summed E-state index contributed by atoms with van der Waals surface area (Å²) in [5.74, 6) is 1.86. The second-order valence-electron chi connectivity index (χ2n) is 4.93. The zero-order valence-corrected chi connectivity index (χ0v) is 12.1. The van der Waals surface area contributed by atoms with Crippen LogP contribution in [0.5, 0.6) is 0 Å². The minimum atomic E-state index is 0.876. The molecule has 1 aliphatic rings. The van der Waals surface area contributed by atoms with Crippen molar-refractivity contribution in [2.75, 3.05) is 18.9 Å². The van der Waals surface area contributed by atoms with Crippen molar-refractivity contribution in [2.45, 2.75) is 44.9 Å². The maximum atomic E-state index is 3.47. The molecular weight excluding hydrogens is 262 g/mol. The van der Waals surface area contributed by atoms with Gasteiger partial charge in [-0.25, -0.2) is 0 Å². The summed E-state index contributed by atoms with van der Waals surface area (Å²) in [4.78, 5) is 0. The maximum Gasteiger partial charge on any atom is 0.00342 e. The standard InChI is InChI=1S/C14H26BrN/c1-16-12-10-14-8-6-13(7-9-14)5-3-2-4-11-15/h3,5,13-14,16H,2,4,6-12H2,1H3. The lowest BCUT2D eigenvalue weighted by molar-refractivity contribution is 0.294. The molecule has 1 aliphatic carbocycles. The summed E-state index contributed by atoms with van der Waals surface area (Å²) in [6.45, 7) is 1.19. The molecule has 94 valence electrons. The molecule has 1 nitrogen and oxygen atoms in total. The molecule has 1 rings (SSSR count). The Hall–Kier alpha value is 0.180. The molecule has 1 fully saturated rings. The molecule has 0 aromatic rings. The Morgan fingerprint density at radius 1 is 1.25 bits per heavy atom. The highest BCUT2D eigenvalue weighted by Crippen LogP contribution is 2.31. The van der Waals surface area contributed by atoms with Gasteiger partial charge in [-0.2, -0.15) is 0 Å². The average Bonchev–Trinajstić information content (AvgIpc) is 2.33. The van der Waals surface area contributed by atoms with Crippen LogP contribution in [0.1, 0.15) is 44.9 Å². The van der Waals surface area contributed by atoms with Gasteiger partial charge >= 0.3 is 0 Å². The van der Waals surface area contributed by atoms with Crippen molar-refractivity contribution in [3.05, 3.63) is 12.2 Å². The molecule has 1 N–H and O–H groups in total. The quantitative estimate of drug-likeness (QED) is 0.422. The Balaban J connectivity index is 2.09. The first-order chi connectivity index (χ1) is 7.86. The van der Waals surface area contributed by atoms with E-state index in [0.29, 0.717) is 0 Å². The molecule has 16 heavy (non-hydrogen) atoms. The normalized spacial score (nSPS) is 26.4. The fraction of sp³-hybridized carbons (Fsp3) is 0.857. The minimum Gasteiger partial charge on any atom is -0.320 e. The van der Waals surface area contributed by atoms with Gasteiger partial charge in [-0.1, -0.05) is 28.1 Å². The van der Waals surface area contributed by atoms with E-state index < -0.39 is 0 Å². The molecule has 0 spiro atoms. The minimum absolute atomic E-state index is 0.876. The van der Waals surface area contributed by atoms with Crippen molar-refractivity contribution < 1.29 is 0 Å². The smallest absolute Gasteiger partial charge is 0.00342 e. The summed E-state index contributed by atoms with van der Waals surface area (Å²) in [5.41, 5.74) is 0. The molecule has 0 radical (unpaired) electrons. The Labute approximate surface area is 109 Å². The number of rotatable bonds is 7. The SMILES string of the molecule is CNCCC1CCC(C=CCCCBr)CC1. The summed E-state index contributed by atoms with van der Waals surface area (Å²) in [6.07, 6.45) is 14.5. The van der Waals surface area contributed by atoms with Crippen LogP contribution < -0.4 is 5.32 Å². The first-order valence-electron chi connectivity index (χ1n) is 6.74. The number of nitrogens with one attached hydrogen (secondary N) is 1. The van der Waals surface area contributed by atoms with Crippen molar-refractivity contribution in [1.82, 2.24) is 5.32 Å². The average molecular weight is 288 g/mol. The zero-order valence-electron chi connectivity index (χ0n) is 10.6. The van der Waals surface area contributed by atoms with Crippen LogP contribution in [0.2, 0.25) is 0 Å². The first kappa shape index (κ1) is 14.2. The lowest BCUT2D eigenvalue weighted by Gasteiger charge is -2.26. The van der Waals surface area contributed by atoms with E-state index in [2.05, 4.69) is 40.4 Å². The molecule has 1 saturated carbocycles. The number of unbranched alkanes of at least 4 members (excludes halogenated alkanes) is 1. The van der Waals surface area contributed by atoms with E-state index in [-0.39, 0.29) is 0 Å². The summed E-state index contributed by atoms with van der Waals surface area (Å²) in [5, 5.41) is 4.39. The van der Waals surface area contributed by atoms with Crippen LogP contribution in [-0.4, -0.2) is 18.9 Å². The predicted octanol–water partition coefficient (Wildman–Crippen LogP) is 4.13. The number of halogens is 1. The second kappa shape index (κ2) is 9.23. The summed E-state index contributed by atoms with van der Waals surface area (Å²) >= 11 is 3.47. The van der Waals surface area contributed by atoms with Crippen LogP contribution in [0.15, 0.2) is 12.2 Å². The molecule has 0 unspecified atom stereocenters. The molecule has 0 heterocycles. The summed E-state index contributed by atoms with van der Waals surface area (Å²) in [6, 6.07) is 0. The topological polar surface area (TPSA) is 12.0 Å². The van der Waals surface area contributed by atoms with Crippen LogP contribution in [0, 0.1) is 11.8 Å². The van der Waals surface area contributed by atoms with Crippen LogP contribution in [-0.2, 0) is 0 Å². The molecule has 0 aromatic carbocycles. The molecule has 0 atom stereocenters. The zero-order chi connectivity index (χ0) is 11.6. The van der Waals surface area contributed by atoms with Gasteiger partial charge in [-0.3, -0.25) is 0 Å². The van der Waals surface area contributed by atoms with Gasteiger partial charge in [0, 0.05) is 5.33 Å². The molecule has 2 heteroatoms. The molecule has 0 bridgehead atoms. The van der Waals surface area contributed by atoms with Crippen molar-refractivity contribution in [3.63, 3.8) is 0 Å². The van der Waals surface area contributed by atoms with Gasteiger partial charge in [0.05, 0.1) is 0 Å². The highest BCUT2D eigenvalue weighted by atomic mass is 79.9. The van der Waals surface area contributed by atoms with Gasteiger partial charge in [0.2, 0.25) is 0 Å². The summed E-state index contributed by atoms with van der Waals surface area (Å²) < 4.78 is 0. The Morgan fingerprint density at radius 2 is 2.00 bits per heavy atom. The molecule has 0 aliphatic heterocycles. The Bertz CT molecular complexity index is 183. The van der Waals surface area contributed by atoms with E-state index in [1.54, 1.807) is 0 Å². The fourth-order valence-electron chi connectivity index (χ4n) is 2.50. The van der Waals surface area contributed by atoms with Crippen LogP contribution >= 0.6 is 15.9 Å². The lowest BCUT2D eigenvalue weighted by atomic mass is 9.80. The molecular formula is C14H26BrN. The van der Waals surface area contributed by atoms with Crippen LogP contribution in [0.25, 0.3) is 0 Å². The monoisotopic (exact) mass is 287 g/mol. The third-order valence-electron chi connectivity index (χ3n) is 3.61. The molecule has 0 amide bonds.